The van der Waals surface area contributed by atoms with Crippen molar-refractivity contribution in [1.82, 2.24) is 0 Å². The molecular formula is C15H15NO3. The molecule has 0 bridgehead atoms. The van der Waals surface area contributed by atoms with Crippen LogP contribution < -0.4 is 5.73 Å². The molecule has 19 heavy (non-hydrogen) atoms. The van der Waals surface area contributed by atoms with E-state index in [4.69, 9.17) is 5.73 Å². The van der Waals surface area contributed by atoms with Gasteiger partial charge in [-0.2, -0.15) is 0 Å². The third-order valence-corrected chi connectivity index (χ3v) is 3.38. The summed E-state index contributed by atoms with van der Waals surface area (Å²) in [4.78, 5) is 11.9. The van der Waals surface area contributed by atoms with Gasteiger partial charge in [-0.25, -0.2) is 0 Å². The minimum atomic E-state index is -1.01. The highest BCUT2D eigenvalue weighted by molar-refractivity contribution is 5.90. The Balaban J connectivity index is 2.57. The molecule has 0 atom stereocenters. The van der Waals surface area contributed by atoms with Gasteiger partial charge in [-0.3, -0.25) is 4.79 Å². The van der Waals surface area contributed by atoms with E-state index in [1.54, 1.807) is 31.2 Å². The van der Waals surface area contributed by atoms with Crippen LogP contribution in [-0.4, -0.2) is 16.1 Å². The second-order valence-corrected chi connectivity index (χ2v) is 4.58. The maximum absolute atomic E-state index is 11.9. The summed E-state index contributed by atoms with van der Waals surface area (Å²) in [5, 5.41) is 18.6. The lowest BCUT2D eigenvalue weighted by Crippen LogP contribution is -2.39. The first kappa shape index (κ1) is 13.0. The zero-order valence-corrected chi connectivity index (χ0v) is 10.5. The minimum absolute atomic E-state index is 0.126. The van der Waals surface area contributed by atoms with E-state index < -0.39 is 11.3 Å². The van der Waals surface area contributed by atoms with Crippen molar-refractivity contribution in [1.29, 1.82) is 0 Å². The molecule has 2 rings (SSSR count). The summed E-state index contributed by atoms with van der Waals surface area (Å²) in [5.74, 6) is -0.244. The van der Waals surface area contributed by atoms with Crippen LogP contribution in [0.5, 0.6) is 11.5 Å². The van der Waals surface area contributed by atoms with E-state index in [-0.39, 0.29) is 11.5 Å². The van der Waals surface area contributed by atoms with Crippen molar-refractivity contribution in [2.24, 2.45) is 5.73 Å². The van der Waals surface area contributed by atoms with Crippen molar-refractivity contribution in [3.63, 3.8) is 0 Å². The first-order valence-corrected chi connectivity index (χ1v) is 5.83. The number of benzene rings is 2. The van der Waals surface area contributed by atoms with E-state index in [0.717, 1.165) is 0 Å². The maximum atomic E-state index is 11.9. The Kier molecular flexibility index (Phi) is 3.17. The fourth-order valence-electron chi connectivity index (χ4n) is 2.04. The molecule has 0 fully saturated rings. The number of hydrogen-bond acceptors (Lipinski definition) is 3. The molecular weight excluding hydrogens is 242 g/mol. The van der Waals surface area contributed by atoms with Crippen LogP contribution in [0, 0.1) is 0 Å². The minimum Gasteiger partial charge on any atom is -0.508 e. The van der Waals surface area contributed by atoms with Gasteiger partial charge in [0.1, 0.15) is 11.5 Å². The number of primary amides is 1. The van der Waals surface area contributed by atoms with Crippen LogP contribution in [0.4, 0.5) is 0 Å². The molecule has 0 aliphatic heterocycles. The molecule has 4 nitrogen and oxygen atoms in total. The number of hydrogen-bond donors (Lipinski definition) is 3. The molecule has 0 radical (unpaired) electrons. The second kappa shape index (κ2) is 4.65. The monoisotopic (exact) mass is 257 g/mol. The lowest BCUT2D eigenvalue weighted by molar-refractivity contribution is -0.121. The van der Waals surface area contributed by atoms with Gasteiger partial charge in [0, 0.05) is 0 Å². The van der Waals surface area contributed by atoms with Crippen molar-refractivity contribution in [2.45, 2.75) is 12.3 Å². The Bertz CT molecular complexity index is 542. The molecule has 0 aliphatic carbocycles. The Morgan fingerprint density at radius 3 is 1.47 bits per heavy atom. The molecule has 2 aromatic rings. The number of carbonyl (C=O) groups is 1. The van der Waals surface area contributed by atoms with E-state index in [1.165, 1.54) is 24.3 Å². The van der Waals surface area contributed by atoms with Crippen LogP contribution in [0.15, 0.2) is 48.5 Å². The average Bonchev–Trinajstić information content (AvgIpc) is 2.39. The fraction of sp³-hybridized carbons (Fsp3) is 0.133. The molecule has 4 heteroatoms. The second-order valence-electron chi connectivity index (χ2n) is 4.58. The zero-order valence-electron chi connectivity index (χ0n) is 10.5. The summed E-state index contributed by atoms with van der Waals surface area (Å²) in [7, 11) is 0. The fourth-order valence-corrected chi connectivity index (χ4v) is 2.04. The number of amides is 1. The molecule has 0 saturated carbocycles. The largest absolute Gasteiger partial charge is 0.508 e. The molecule has 0 unspecified atom stereocenters. The van der Waals surface area contributed by atoms with Crippen LogP contribution in [0.2, 0.25) is 0 Å². The Hall–Kier alpha value is -2.49. The number of carbonyl (C=O) groups excluding carboxylic acids is 1. The summed E-state index contributed by atoms with van der Waals surface area (Å²) >= 11 is 0. The van der Waals surface area contributed by atoms with E-state index in [0.29, 0.717) is 11.1 Å². The van der Waals surface area contributed by atoms with Crippen LogP contribution in [0.1, 0.15) is 18.1 Å². The van der Waals surface area contributed by atoms with Crippen molar-refractivity contribution in [3.8, 4) is 11.5 Å². The van der Waals surface area contributed by atoms with Crippen LogP contribution in [0.3, 0.4) is 0 Å². The van der Waals surface area contributed by atoms with E-state index >= 15 is 0 Å². The van der Waals surface area contributed by atoms with Gasteiger partial charge in [-0.1, -0.05) is 24.3 Å². The van der Waals surface area contributed by atoms with Gasteiger partial charge in [0.25, 0.3) is 0 Å². The van der Waals surface area contributed by atoms with Gasteiger partial charge in [-0.05, 0) is 42.3 Å². The summed E-state index contributed by atoms with van der Waals surface area (Å²) in [6.45, 7) is 1.72. The highest BCUT2D eigenvalue weighted by Gasteiger charge is 2.35. The predicted octanol–water partition coefficient (Wildman–Crippen LogP) is 1.89. The van der Waals surface area contributed by atoms with E-state index in [9.17, 15) is 15.0 Å². The predicted molar refractivity (Wildman–Crippen MR) is 71.9 cm³/mol. The van der Waals surface area contributed by atoms with Crippen molar-refractivity contribution in [2.75, 3.05) is 0 Å². The van der Waals surface area contributed by atoms with Gasteiger partial charge >= 0.3 is 0 Å². The Labute approximate surface area is 111 Å². The van der Waals surface area contributed by atoms with Gasteiger partial charge in [0.15, 0.2) is 0 Å². The zero-order chi connectivity index (χ0) is 14.0. The molecule has 98 valence electrons. The molecule has 2 aromatic carbocycles. The topological polar surface area (TPSA) is 83.6 Å². The van der Waals surface area contributed by atoms with E-state index in [2.05, 4.69) is 0 Å². The van der Waals surface area contributed by atoms with Gasteiger partial charge < -0.3 is 15.9 Å². The first-order chi connectivity index (χ1) is 8.94. The summed E-state index contributed by atoms with van der Waals surface area (Å²) in [5.41, 5.74) is 5.90. The number of aromatic hydroxyl groups is 2. The summed E-state index contributed by atoms with van der Waals surface area (Å²) in [6, 6.07) is 12.7. The third-order valence-electron chi connectivity index (χ3n) is 3.38. The lowest BCUT2D eigenvalue weighted by atomic mass is 9.75. The highest BCUT2D eigenvalue weighted by atomic mass is 16.3. The quantitative estimate of drug-likeness (QED) is 0.785. The highest BCUT2D eigenvalue weighted by Crippen LogP contribution is 2.33. The maximum Gasteiger partial charge on any atom is 0.232 e. The van der Waals surface area contributed by atoms with Crippen molar-refractivity contribution < 1.29 is 15.0 Å². The Morgan fingerprint density at radius 2 is 1.21 bits per heavy atom. The molecule has 4 N–H and O–H groups in total. The summed E-state index contributed by atoms with van der Waals surface area (Å²) in [6.07, 6.45) is 0. The smallest absolute Gasteiger partial charge is 0.232 e. The first-order valence-electron chi connectivity index (χ1n) is 5.83. The lowest BCUT2D eigenvalue weighted by Gasteiger charge is -2.27. The summed E-state index contributed by atoms with van der Waals surface area (Å²) < 4.78 is 0. The van der Waals surface area contributed by atoms with Crippen LogP contribution in [-0.2, 0) is 10.2 Å². The van der Waals surface area contributed by atoms with Gasteiger partial charge in [-0.15, -0.1) is 0 Å². The van der Waals surface area contributed by atoms with Crippen LogP contribution >= 0.6 is 0 Å². The normalized spacial score (nSPS) is 11.2. The molecule has 0 heterocycles. The number of nitrogens with two attached hydrogens (primary N) is 1. The third kappa shape index (κ3) is 2.25. The SMILES string of the molecule is CC(C(N)=O)(c1ccc(O)cc1)c1ccc(O)cc1. The average molecular weight is 257 g/mol. The number of rotatable bonds is 3. The molecule has 0 saturated heterocycles. The Morgan fingerprint density at radius 1 is 0.895 bits per heavy atom. The van der Waals surface area contributed by atoms with Gasteiger partial charge in [0.2, 0.25) is 5.91 Å². The molecule has 0 aliphatic rings. The van der Waals surface area contributed by atoms with Crippen molar-refractivity contribution >= 4 is 5.91 Å². The van der Waals surface area contributed by atoms with Crippen molar-refractivity contribution in [3.05, 3.63) is 59.7 Å². The molecule has 0 spiro atoms. The molecule has 0 aromatic heterocycles. The van der Waals surface area contributed by atoms with Gasteiger partial charge in [0.05, 0.1) is 5.41 Å². The van der Waals surface area contributed by atoms with Crippen LogP contribution in [0.25, 0.3) is 0 Å². The molecule has 1 amide bonds. The van der Waals surface area contributed by atoms with E-state index in [1.807, 2.05) is 0 Å². The number of phenolic OH excluding ortho intramolecular Hbond substituents is 2. The number of phenols is 2. The standard InChI is InChI=1S/C15H15NO3/c1-15(14(16)19,10-2-6-12(17)7-3-10)11-4-8-13(18)9-5-11/h2-9,17-18H,1H3,(H2,16,19).